The SMILES string of the molecule is COC(=O)C[S@](=O)c1ccc(Br)cc1. The molecule has 0 aliphatic heterocycles. The average Bonchev–Trinajstić information content (AvgIpc) is 2.18. The first-order valence-corrected chi connectivity index (χ1v) is 5.95. The van der Waals surface area contributed by atoms with E-state index in [9.17, 15) is 9.00 Å². The fourth-order valence-corrected chi connectivity index (χ4v) is 2.04. The Hall–Kier alpha value is -0.680. The zero-order valence-corrected chi connectivity index (χ0v) is 9.93. The largest absolute Gasteiger partial charge is 0.468 e. The summed E-state index contributed by atoms with van der Waals surface area (Å²) < 4.78 is 16.9. The maximum atomic E-state index is 11.5. The standard InChI is InChI=1S/C9H9BrO3S/c1-13-9(11)6-14(12)8-4-2-7(10)3-5-8/h2-5H,6H2,1H3/t14-/m0/s1. The molecule has 1 aromatic carbocycles. The van der Waals surface area contributed by atoms with Crippen molar-refractivity contribution in [3.05, 3.63) is 28.7 Å². The topological polar surface area (TPSA) is 43.4 Å². The van der Waals surface area contributed by atoms with E-state index in [2.05, 4.69) is 20.7 Å². The normalized spacial score (nSPS) is 12.1. The lowest BCUT2D eigenvalue weighted by atomic mass is 10.4. The second-order valence-electron chi connectivity index (χ2n) is 2.52. The van der Waals surface area contributed by atoms with Crippen molar-refractivity contribution in [2.45, 2.75) is 4.90 Å². The highest BCUT2D eigenvalue weighted by atomic mass is 79.9. The quantitative estimate of drug-likeness (QED) is 0.790. The number of hydrogen-bond acceptors (Lipinski definition) is 3. The summed E-state index contributed by atoms with van der Waals surface area (Å²) in [5, 5.41) is 0. The molecule has 1 atom stereocenters. The van der Waals surface area contributed by atoms with Crippen molar-refractivity contribution < 1.29 is 13.7 Å². The molecule has 0 bridgehead atoms. The molecule has 0 N–H and O–H groups in total. The Labute approximate surface area is 93.0 Å². The van der Waals surface area contributed by atoms with Gasteiger partial charge >= 0.3 is 5.97 Å². The van der Waals surface area contributed by atoms with Crippen molar-refractivity contribution in [1.82, 2.24) is 0 Å². The molecule has 0 saturated heterocycles. The third-order valence-corrected chi connectivity index (χ3v) is 3.38. The third-order valence-electron chi connectivity index (χ3n) is 1.55. The fourth-order valence-electron chi connectivity index (χ4n) is 0.836. The van der Waals surface area contributed by atoms with E-state index >= 15 is 0 Å². The molecule has 0 saturated carbocycles. The van der Waals surface area contributed by atoms with Crippen LogP contribution in [-0.2, 0) is 20.3 Å². The van der Waals surface area contributed by atoms with Gasteiger partial charge in [0.25, 0.3) is 0 Å². The van der Waals surface area contributed by atoms with Crippen molar-refractivity contribution in [3.63, 3.8) is 0 Å². The number of carbonyl (C=O) groups excluding carboxylic acids is 1. The summed E-state index contributed by atoms with van der Waals surface area (Å²) in [6.07, 6.45) is 0. The van der Waals surface area contributed by atoms with Crippen LogP contribution >= 0.6 is 15.9 Å². The van der Waals surface area contributed by atoms with Crippen molar-refractivity contribution in [2.24, 2.45) is 0 Å². The van der Waals surface area contributed by atoms with Gasteiger partial charge in [-0.25, -0.2) is 0 Å². The molecule has 0 amide bonds. The van der Waals surface area contributed by atoms with Crippen LogP contribution in [0.4, 0.5) is 0 Å². The third kappa shape index (κ3) is 3.23. The van der Waals surface area contributed by atoms with Gasteiger partial charge in [0.15, 0.2) is 0 Å². The highest BCUT2D eigenvalue weighted by Gasteiger charge is 2.09. The Morgan fingerprint density at radius 1 is 1.43 bits per heavy atom. The monoisotopic (exact) mass is 276 g/mol. The van der Waals surface area contributed by atoms with Crippen LogP contribution in [0.5, 0.6) is 0 Å². The number of carbonyl (C=O) groups is 1. The van der Waals surface area contributed by atoms with Crippen LogP contribution in [0.25, 0.3) is 0 Å². The van der Waals surface area contributed by atoms with E-state index in [1.54, 1.807) is 24.3 Å². The minimum absolute atomic E-state index is 0.0991. The Kier molecular flexibility index (Phi) is 4.28. The van der Waals surface area contributed by atoms with Crippen molar-refractivity contribution in [3.8, 4) is 0 Å². The lowest BCUT2D eigenvalue weighted by Crippen LogP contribution is -2.11. The smallest absolute Gasteiger partial charge is 0.318 e. The predicted molar refractivity (Wildman–Crippen MR) is 57.4 cm³/mol. The van der Waals surface area contributed by atoms with Gasteiger partial charge in [-0.15, -0.1) is 0 Å². The first-order valence-electron chi connectivity index (χ1n) is 3.84. The molecule has 0 spiro atoms. The van der Waals surface area contributed by atoms with E-state index in [0.29, 0.717) is 4.90 Å². The number of benzene rings is 1. The van der Waals surface area contributed by atoms with Gasteiger partial charge in [-0.2, -0.15) is 0 Å². The van der Waals surface area contributed by atoms with Gasteiger partial charge < -0.3 is 4.74 Å². The van der Waals surface area contributed by atoms with Crippen LogP contribution in [0.15, 0.2) is 33.6 Å². The minimum Gasteiger partial charge on any atom is -0.468 e. The Bertz CT molecular complexity index is 348. The summed E-state index contributed by atoms with van der Waals surface area (Å²) in [5.41, 5.74) is 0. The fraction of sp³-hybridized carbons (Fsp3) is 0.222. The van der Waals surface area contributed by atoms with Gasteiger partial charge in [-0.3, -0.25) is 9.00 Å². The molecule has 0 aromatic heterocycles. The molecule has 0 aliphatic carbocycles. The van der Waals surface area contributed by atoms with Crippen LogP contribution < -0.4 is 0 Å². The van der Waals surface area contributed by atoms with E-state index in [1.165, 1.54) is 7.11 Å². The second-order valence-corrected chi connectivity index (χ2v) is 4.89. The summed E-state index contributed by atoms with van der Waals surface area (Å²) in [7, 11) is -0.0381. The molecule has 5 heteroatoms. The van der Waals surface area contributed by atoms with E-state index < -0.39 is 16.8 Å². The van der Waals surface area contributed by atoms with Crippen LogP contribution in [-0.4, -0.2) is 23.0 Å². The molecule has 0 fully saturated rings. The van der Waals surface area contributed by atoms with Crippen LogP contribution in [0.3, 0.4) is 0 Å². The number of ether oxygens (including phenoxy) is 1. The molecule has 3 nitrogen and oxygen atoms in total. The maximum Gasteiger partial charge on any atom is 0.318 e. The molecule has 0 radical (unpaired) electrons. The molecule has 0 unspecified atom stereocenters. The highest BCUT2D eigenvalue weighted by molar-refractivity contribution is 9.10. The predicted octanol–water partition coefficient (Wildman–Crippen LogP) is 1.73. The molecule has 14 heavy (non-hydrogen) atoms. The van der Waals surface area contributed by atoms with E-state index in [-0.39, 0.29) is 5.75 Å². The number of rotatable bonds is 3. The molecule has 0 aliphatic rings. The zero-order chi connectivity index (χ0) is 10.6. The van der Waals surface area contributed by atoms with E-state index in [1.807, 2.05) is 0 Å². The Balaban J connectivity index is 2.70. The Morgan fingerprint density at radius 3 is 2.50 bits per heavy atom. The lowest BCUT2D eigenvalue weighted by molar-refractivity contribution is -0.137. The number of methoxy groups -OCH3 is 1. The summed E-state index contributed by atoms with van der Waals surface area (Å²) >= 11 is 3.27. The summed E-state index contributed by atoms with van der Waals surface area (Å²) in [5.74, 6) is -0.566. The van der Waals surface area contributed by atoms with Crippen LogP contribution in [0, 0.1) is 0 Å². The van der Waals surface area contributed by atoms with Crippen molar-refractivity contribution in [1.29, 1.82) is 0 Å². The van der Waals surface area contributed by atoms with Crippen molar-refractivity contribution >= 4 is 32.7 Å². The number of hydrogen-bond donors (Lipinski definition) is 0. The maximum absolute atomic E-state index is 11.5. The average molecular weight is 277 g/mol. The van der Waals surface area contributed by atoms with Crippen LogP contribution in [0.1, 0.15) is 0 Å². The summed E-state index contributed by atoms with van der Waals surface area (Å²) in [6.45, 7) is 0. The Morgan fingerprint density at radius 2 is 2.00 bits per heavy atom. The van der Waals surface area contributed by atoms with Crippen molar-refractivity contribution in [2.75, 3.05) is 12.9 Å². The summed E-state index contributed by atoms with van der Waals surface area (Å²) in [6, 6.07) is 6.99. The van der Waals surface area contributed by atoms with Gasteiger partial charge in [0, 0.05) is 9.37 Å². The summed E-state index contributed by atoms with van der Waals surface area (Å²) in [4.78, 5) is 11.5. The van der Waals surface area contributed by atoms with E-state index in [4.69, 9.17) is 0 Å². The van der Waals surface area contributed by atoms with Gasteiger partial charge in [0.2, 0.25) is 0 Å². The lowest BCUT2D eigenvalue weighted by Gasteiger charge is -2.00. The number of halogens is 1. The van der Waals surface area contributed by atoms with Gasteiger partial charge in [0.1, 0.15) is 5.75 Å². The molecule has 1 aromatic rings. The van der Waals surface area contributed by atoms with E-state index in [0.717, 1.165) is 4.47 Å². The minimum atomic E-state index is -1.32. The molecule has 76 valence electrons. The number of esters is 1. The second kappa shape index (κ2) is 5.26. The first kappa shape index (κ1) is 11.4. The molecular formula is C9H9BrO3S. The van der Waals surface area contributed by atoms with Gasteiger partial charge in [0.05, 0.1) is 17.9 Å². The molecular weight excluding hydrogens is 268 g/mol. The molecule has 0 heterocycles. The molecule has 1 rings (SSSR count). The van der Waals surface area contributed by atoms with Gasteiger partial charge in [-0.1, -0.05) is 15.9 Å². The van der Waals surface area contributed by atoms with Crippen LogP contribution in [0.2, 0.25) is 0 Å². The zero-order valence-electron chi connectivity index (χ0n) is 7.53. The highest BCUT2D eigenvalue weighted by Crippen LogP contribution is 2.13. The van der Waals surface area contributed by atoms with Gasteiger partial charge in [-0.05, 0) is 24.3 Å². The first-order chi connectivity index (χ1) is 6.63.